The quantitative estimate of drug-likeness (QED) is 0.751. The van der Waals surface area contributed by atoms with Gasteiger partial charge < -0.3 is 9.30 Å². The van der Waals surface area contributed by atoms with Crippen LogP contribution in [0.15, 0.2) is 18.7 Å². The third-order valence-corrected chi connectivity index (χ3v) is 2.75. The Kier molecular flexibility index (Phi) is 3.50. The molecule has 0 saturated heterocycles. The van der Waals surface area contributed by atoms with Crippen LogP contribution in [0.1, 0.15) is 25.7 Å². The van der Waals surface area contributed by atoms with E-state index in [0.717, 1.165) is 19.4 Å². The topological polar surface area (TPSA) is 44.1 Å². The maximum atomic E-state index is 11.0. The summed E-state index contributed by atoms with van der Waals surface area (Å²) in [6.45, 7) is 1.54. The van der Waals surface area contributed by atoms with Crippen molar-refractivity contribution in [2.45, 2.75) is 38.3 Å². The number of carbonyl (C=O) groups is 1. The van der Waals surface area contributed by atoms with Crippen LogP contribution in [0.25, 0.3) is 0 Å². The summed E-state index contributed by atoms with van der Waals surface area (Å²) in [5, 5.41) is 0. The molecule has 4 heteroatoms. The van der Waals surface area contributed by atoms with Crippen LogP contribution in [-0.2, 0) is 16.1 Å². The molecule has 2 rings (SSSR count). The number of Topliss-reactive ketones (excluding diaryl/α,β-unsaturated/α-hetero) is 1. The molecule has 0 radical (unpaired) electrons. The van der Waals surface area contributed by atoms with Crippen molar-refractivity contribution in [1.82, 2.24) is 9.55 Å². The second-order valence-corrected chi connectivity index (χ2v) is 3.91. The van der Waals surface area contributed by atoms with Crippen molar-refractivity contribution in [3.05, 3.63) is 18.7 Å². The van der Waals surface area contributed by atoms with E-state index in [1.807, 2.05) is 10.8 Å². The van der Waals surface area contributed by atoms with Gasteiger partial charge in [-0.3, -0.25) is 4.79 Å². The highest BCUT2D eigenvalue weighted by atomic mass is 16.5. The lowest BCUT2D eigenvalue weighted by Gasteiger charge is -2.21. The second kappa shape index (κ2) is 5.07. The number of nitrogens with zero attached hydrogens (tertiary/aromatic N) is 2. The lowest BCUT2D eigenvalue weighted by molar-refractivity contribution is -0.123. The molecule has 1 aliphatic rings. The van der Waals surface area contributed by atoms with Gasteiger partial charge in [-0.2, -0.15) is 0 Å². The molecule has 82 valence electrons. The van der Waals surface area contributed by atoms with E-state index in [0.29, 0.717) is 25.2 Å². The molecule has 0 aromatic carbocycles. The van der Waals surface area contributed by atoms with Crippen LogP contribution in [-0.4, -0.2) is 28.0 Å². The van der Waals surface area contributed by atoms with Gasteiger partial charge in [0.2, 0.25) is 0 Å². The van der Waals surface area contributed by atoms with Crippen molar-refractivity contribution < 1.29 is 9.53 Å². The van der Waals surface area contributed by atoms with Gasteiger partial charge in [-0.25, -0.2) is 4.98 Å². The summed E-state index contributed by atoms with van der Waals surface area (Å²) in [4.78, 5) is 15.0. The zero-order valence-corrected chi connectivity index (χ0v) is 8.76. The molecule has 0 unspecified atom stereocenters. The summed E-state index contributed by atoms with van der Waals surface area (Å²) in [6.07, 6.45) is 8.92. The SMILES string of the molecule is O=C1CCC(OCCn2ccnc2)CC1. The number of hydrogen-bond acceptors (Lipinski definition) is 3. The van der Waals surface area contributed by atoms with E-state index in [4.69, 9.17) is 4.74 Å². The molecule has 1 aromatic rings. The molecule has 0 bridgehead atoms. The highest BCUT2D eigenvalue weighted by Crippen LogP contribution is 2.17. The highest BCUT2D eigenvalue weighted by Gasteiger charge is 2.18. The molecule has 0 spiro atoms. The fraction of sp³-hybridized carbons (Fsp3) is 0.636. The third-order valence-electron chi connectivity index (χ3n) is 2.75. The number of rotatable bonds is 4. The first kappa shape index (κ1) is 10.4. The van der Waals surface area contributed by atoms with Gasteiger partial charge in [0.05, 0.1) is 19.0 Å². The summed E-state index contributed by atoms with van der Waals surface area (Å²) < 4.78 is 7.70. The minimum absolute atomic E-state index is 0.284. The van der Waals surface area contributed by atoms with E-state index in [1.165, 1.54) is 0 Å². The predicted octanol–water partition coefficient (Wildman–Crippen LogP) is 1.41. The van der Waals surface area contributed by atoms with E-state index < -0.39 is 0 Å². The van der Waals surface area contributed by atoms with Crippen molar-refractivity contribution in [1.29, 1.82) is 0 Å². The normalized spacial score (nSPS) is 18.3. The molecule has 0 atom stereocenters. The van der Waals surface area contributed by atoms with Crippen molar-refractivity contribution in [2.75, 3.05) is 6.61 Å². The third kappa shape index (κ3) is 3.16. The summed E-state index contributed by atoms with van der Waals surface area (Å²) in [6, 6.07) is 0. The van der Waals surface area contributed by atoms with Crippen LogP contribution >= 0.6 is 0 Å². The largest absolute Gasteiger partial charge is 0.376 e. The summed E-state index contributed by atoms with van der Waals surface area (Å²) in [5.74, 6) is 0.379. The van der Waals surface area contributed by atoms with Crippen LogP contribution in [0.4, 0.5) is 0 Å². The van der Waals surface area contributed by atoms with Crippen LogP contribution in [0.3, 0.4) is 0 Å². The van der Waals surface area contributed by atoms with Crippen LogP contribution in [0.5, 0.6) is 0 Å². The zero-order chi connectivity index (χ0) is 10.5. The predicted molar refractivity (Wildman–Crippen MR) is 55.4 cm³/mol. The maximum Gasteiger partial charge on any atom is 0.133 e. The summed E-state index contributed by atoms with van der Waals surface area (Å²) in [5.41, 5.74) is 0. The molecule has 1 fully saturated rings. The molecule has 15 heavy (non-hydrogen) atoms. The molecular formula is C11H16N2O2. The molecular weight excluding hydrogens is 192 g/mol. The van der Waals surface area contributed by atoms with Crippen LogP contribution < -0.4 is 0 Å². The molecule has 1 aromatic heterocycles. The Labute approximate surface area is 89.3 Å². The average Bonchev–Trinajstić information content (AvgIpc) is 2.74. The average molecular weight is 208 g/mol. The molecule has 0 aliphatic heterocycles. The van der Waals surface area contributed by atoms with Crippen molar-refractivity contribution in [2.24, 2.45) is 0 Å². The number of aromatic nitrogens is 2. The Morgan fingerprint density at radius 1 is 1.47 bits per heavy atom. The standard InChI is InChI=1S/C11H16N2O2/c14-10-1-3-11(4-2-10)15-8-7-13-6-5-12-9-13/h5-6,9,11H,1-4,7-8H2. The Morgan fingerprint density at radius 3 is 2.93 bits per heavy atom. The monoisotopic (exact) mass is 208 g/mol. The minimum Gasteiger partial charge on any atom is -0.376 e. The molecule has 0 N–H and O–H groups in total. The molecule has 0 amide bonds. The van der Waals surface area contributed by atoms with Crippen LogP contribution in [0, 0.1) is 0 Å². The smallest absolute Gasteiger partial charge is 0.133 e. The maximum absolute atomic E-state index is 11.0. The molecule has 1 saturated carbocycles. The highest BCUT2D eigenvalue weighted by molar-refractivity contribution is 5.79. The van der Waals surface area contributed by atoms with E-state index in [-0.39, 0.29) is 6.10 Å². The first-order valence-electron chi connectivity index (χ1n) is 5.43. The van der Waals surface area contributed by atoms with E-state index >= 15 is 0 Å². The van der Waals surface area contributed by atoms with Gasteiger partial charge in [0, 0.05) is 31.8 Å². The van der Waals surface area contributed by atoms with Gasteiger partial charge in [-0.05, 0) is 12.8 Å². The first-order valence-corrected chi connectivity index (χ1v) is 5.43. The molecule has 1 heterocycles. The Morgan fingerprint density at radius 2 is 2.27 bits per heavy atom. The number of ether oxygens (including phenoxy) is 1. The Bertz CT molecular complexity index is 298. The number of hydrogen-bond donors (Lipinski definition) is 0. The van der Waals surface area contributed by atoms with Crippen molar-refractivity contribution >= 4 is 5.78 Å². The van der Waals surface area contributed by atoms with Gasteiger partial charge in [0.15, 0.2) is 0 Å². The second-order valence-electron chi connectivity index (χ2n) is 3.91. The van der Waals surface area contributed by atoms with E-state index in [2.05, 4.69) is 4.98 Å². The summed E-state index contributed by atoms with van der Waals surface area (Å²) in [7, 11) is 0. The minimum atomic E-state index is 0.284. The fourth-order valence-electron chi connectivity index (χ4n) is 1.82. The van der Waals surface area contributed by atoms with E-state index in [1.54, 1.807) is 12.5 Å². The molecule has 1 aliphatic carbocycles. The lowest BCUT2D eigenvalue weighted by atomic mass is 9.97. The number of imidazole rings is 1. The van der Waals surface area contributed by atoms with Gasteiger partial charge in [0.1, 0.15) is 5.78 Å². The Balaban J connectivity index is 1.64. The first-order chi connectivity index (χ1) is 7.34. The van der Waals surface area contributed by atoms with Crippen molar-refractivity contribution in [3.63, 3.8) is 0 Å². The number of carbonyl (C=O) groups excluding carboxylic acids is 1. The van der Waals surface area contributed by atoms with Gasteiger partial charge in [0.25, 0.3) is 0 Å². The zero-order valence-electron chi connectivity index (χ0n) is 8.76. The molecule has 4 nitrogen and oxygen atoms in total. The van der Waals surface area contributed by atoms with E-state index in [9.17, 15) is 4.79 Å². The van der Waals surface area contributed by atoms with Gasteiger partial charge in [-0.15, -0.1) is 0 Å². The lowest BCUT2D eigenvalue weighted by Crippen LogP contribution is -2.22. The Hall–Kier alpha value is -1.16. The van der Waals surface area contributed by atoms with Crippen molar-refractivity contribution in [3.8, 4) is 0 Å². The number of ketones is 1. The summed E-state index contributed by atoms with van der Waals surface area (Å²) >= 11 is 0. The fourth-order valence-corrected chi connectivity index (χ4v) is 1.82. The van der Waals surface area contributed by atoms with Gasteiger partial charge in [-0.1, -0.05) is 0 Å². The van der Waals surface area contributed by atoms with Crippen LogP contribution in [0.2, 0.25) is 0 Å². The van der Waals surface area contributed by atoms with Gasteiger partial charge >= 0.3 is 0 Å².